The highest BCUT2D eigenvalue weighted by molar-refractivity contribution is 7.99. The van der Waals surface area contributed by atoms with Crippen LogP contribution < -0.4 is 5.56 Å². The maximum absolute atomic E-state index is 13.3. The highest BCUT2D eigenvalue weighted by Gasteiger charge is 2.15. The van der Waals surface area contributed by atoms with Crippen molar-refractivity contribution in [2.24, 2.45) is 0 Å². The standard InChI is InChI=1S/C26H24N2O2S/c1-17(2)19-10-12-20(13-11-19)24(29)16-31-26-27-23-7-5-4-6-22(23)25(30)28(26)21-14-8-18(3)9-15-21/h4-15,17H,16H2,1-3H3. The van der Waals surface area contributed by atoms with E-state index in [1.807, 2.05) is 73.7 Å². The second-order valence-corrected chi connectivity index (χ2v) is 8.82. The topological polar surface area (TPSA) is 52.0 Å². The summed E-state index contributed by atoms with van der Waals surface area (Å²) in [5, 5.41) is 1.07. The van der Waals surface area contributed by atoms with Crippen molar-refractivity contribution in [2.45, 2.75) is 31.8 Å². The first-order valence-corrected chi connectivity index (χ1v) is 11.3. The van der Waals surface area contributed by atoms with E-state index in [0.29, 0.717) is 27.5 Å². The van der Waals surface area contributed by atoms with Crippen molar-refractivity contribution in [2.75, 3.05) is 5.75 Å². The number of nitrogens with zero attached hydrogens (tertiary/aromatic N) is 2. The van der Waals surface area contributed by atoms with Crippen molar-refractivity contribution in [3.63, 3.8) is 0 Å². The van der Waals surface area contributed by atoms with E-state index in [1.54, 1.807) is 10.6 Å². The van der Waals surface area contributed by atoms with E-state index in [2.05, 4.69) is 13.8 Å². The Morgan fingerprint density at radius 1 is 0.968 bits per heavy atom. The van der Waals surface area contributed by atoms with Crippen molar-refractivity contribution < 1.29 is 4.79 Å². The van der Waals surface area contributed by atoms with Crippen LogP contribution in [0.2, 0.25) is 0 Å². The molecule has 0 aliphatic heterocycles. The Labute approximate surface area is 186 Å². The number of ketones is 1. The molecule has 5 heteroatoms. The Morgan fingerprint density at radius 3 is 2.32 bits per heavy atom. The SMILES string of the molecule is Cc1ccc(-n2c(SCC(=O)c3ccc(C(C)C)cc3)nc3ccccc3c2=O)cc1. The number of hydrogen-bond donors (Lipinski definition) is 0. The molecule has 1 heterocycles. The van der Waals surface area contributed by atoms with Gasteiger partial charge in [0, 0.05) is 5.56 Å². The number of carbonyl (C=O) groups excluding carboxylic acids is 1. The normalized spacial score (nSPS) is 11.2. The number of Topliss-reactive ketones (excluding diaryl/α,β-unsaturated/α-hetero) is 1. The number of fused-ring (bicyclic) bond motifs is 1. The molecular weight excluding hydrogens is 404 g/mol. The molecule has 0 aliphatic rings. The highest BCUT2D eigenvalue weighted by atomic mass is 32.2. The molecule has 0 aliphatic carbocycles. The summed E-state index contributed by atoms with van der Waals surface area (Å²) >= 11 is 1.29. The predicted octanol–water partition coefficient (Wildman–Crippen LogP) is 5.79. The van der Waals surface area contributed by atoms with Crippen LogP contribution in [0, 0.1) is 6.92 Å². The van der Waals surface area contributed by atoms with E-state index in [0.717, 1.165) is 11.3 Å². The van der Waals surface area contributed by atoms with Crippen molar-refractivity contribution in [3.05, 3.63) is 99.8 Å². The van der Waals surface area contributed by atoms with Crippen LogP contribution in [0.1, 0.15) is 41.3 Å². The van der Waals surface area contributed by atoms with Crippen molar-refractivity contribution in [1.82, 2.24) is 9.55 Å². The lowest BCUT2D eigenvalue weighted by atomic mass is 10.0. The van der Waals surface area contributed by atoms with Gasteiger partial charge in [0.05, 0.1) is 22.3 Å². The predicted molar refractivity (Wildman–Crippen MR) is 128 cm³/mol. The molecule has 31 heavy (non-hydrogen) atoms. The van der Waals surface area contributed by atoms with E-state index < -0.39 is 0 Å². The lowest BCUT2D eigenvalue weighted by Crippen LogP contribution is -2.22. The van der Waals surface area contributed by atoms with Gasteiger partial charge < -0.3 is 0 Å². The zero-order chi connectivity index (χ0) is 22.0. The molecule has 0 spiro atoms. The second kappa shape index (κ2) is 8.90. The molecule has 0 bridgehead atoms. The van der Waals surface area contributed by atoms with Crippen molar-refractivity contribution in [3.8, 4) is 5.69 Å². The molecule has 0 radical (unpaired) electrons. The first-order valence-electron chi connectivity index (χ1n) is 10.3. The average Bonchev–Trinajstić information content (AvgIpc) is 2.78. The Bertz CT molecular complexity index is 1290. The molecule has 0 saturated heterocycles. The molecular formula is C26H24N2O2S. The van der Waals surface area contributed by atoms with Gasteiger partial charge >= 0.3 is 0 Å². The van der Waals surface area contributed by atoms with Gasteiger partial charge in [-0.15, -0.1) is 0 Å². The van der Waals surface area contributed by atoms with Crippen LogP contribution in [0.5, 0.6) is 0 Å². The fraction of sp³-hybridized carbons (Fsp3) is 0.192. The van der Waals surface area contributed by atoms with E-state index >= 15 is 0 Å². The van der Waals surface area contributed by atoms with Crippen LogP contribution in [-0.2, 0) is 0 Å². The maximum atomic E-state index is 13.3. The Hall–Kier alpha value is -3.18. The third-order valence-electron chi connectivity index (χ3n) is 5.27. The van der Waals surface area contributed by atoms with Crippen LogP contribution in [-0.4, -0.2) is 21.1 Å². The third-order valence-corrected chi connectivity index (χ3v) is 6.21. The summed E-state index contributed by atoms with van der Waals surface area (Å²) in [7, 11) is 0. The quantitative estimate of drug-likeness (QED) is 0.221. The van der Waals surface area contributed by atoms with E-state index in [4.69, 9.17) is 4.98 Å². The number of carbonyl (C=O) groups is 1. The van der Waals surface area contributed by atoms with Crippen LogP contribution in [0.25, 0.3) is 16.6 Å². The summed E-state index contributed by atoms with van der Waals surface area (Å²) in [4.78, 5) is 30.8. The molecule has 0 atom stereocenters. The zero-order valence-electron chi connectivity index (χ0n) is 17.8. The summed E-state index contributed by atoms with van der Waals surface area (Å²) < 4.78 is 1.60. The molecule has 0 N–H and O–H groups in total. The van der Waals surface area contributed by atoms with Gasteiger partial charge in [-0.1, -0.05) is 79.7 Å². The van der Waals surface area contributed by atoms with Gasteiger partial charge in [0.25, 0.3) is 5.56 Å². The molecule has 4 rings (SSSR count). The first kappa shape index (κ1) is 21.1. The Morgan fingerprint density at radius 2 is 1.65 bits per heavy atom. The van der Waals surface area contributed by atoms with Crippen LogP contribution >= 0.6 is 11.8 Å². The number of rotatable bonds is 6. The lowest BCUT2D eigenvalue weighted by Gasteiger charge is -2.13. The van der Waals surface area contributed by atoms with Gasteiger partial charge in [-0.3, -0.25) is 14.2 Å². The molecule has 0 amide bonds. The smallest absolute Gasteiger partial charge is 0.266 e. The summed E-state index contributed by atoms with van der Waals surface area (Å²) in [6.07, 6.45) is 0. The van der Waals surface area contributed by atoms with E-state index in [9.17, 15) is 9.59 Å². The summed E-state index contributed by atoms with van der Waals surface area (Å²) in [5.74, 6) is 0.639. The fourth-order valence-corrected chi connectivity index (χ4v) is 4.31. The number of thioether (sulfide) groups is 1. The van der Waals surface area contributed by atoms with Gasteiger partial charge in [-0.25, -0.2) is 4.98 Å². The molecule has 0 unspecified atom stereocenters. The van der Waals surface area contributed by atoms with Crippen molar-refractivity contribution >= 4 is 28.4 Å². The van der Waals surface area contributed by atoms with Gasteiger partial charge in [0.1, 0.15) is 0 Å². The highest BCUT2D eigenvalue weighted by Crippen LogP contribution is 2.23. The minimum absolute atomic E-state index is 0.0122. The van der Waals surface area contributed by atoms with Crippen LogP contribution in [0.4, 0.5) is 0 Å². The number of hydrogen-bond acceptors (Lipinski definition) is 4. The molecule has 3 aromatic carbocycles. The van der Waals surface area contributed by atoms with Gasteiger partial charge in [0.15, 0.2) is 10.9 Å². The molecule has 0 saturated carbocycles. The molecule has 1 aromatic heterocycles. The van der Waals surface area contributed by atoms with Gasteiger partial charge in [0.2, 0.25) is 0 Å². The third kappa shape index (κ3) is 4.47. The molecule has 0 fully saturated rings. The molecule has 156 valence electrons. The van der Waals surface area contributed by atoms with Gasteiger partial charge in [-0.2, -0.15) is 0 Å². The van der Waals surface area contributed by atoms with E-state index in [1.165, 1.54) is 17.3 Å². The molecule has 4 nitrogen and oxygen atoms in total. The summed E-state index contributed by atoms with van der Waals surface area (Å²) in [6.45, 7) is 6.26. The number of benzene rings is 3. The van der Waals surface area contributed by atoms with Crippen molar-refractivity contribution in [1.29, 1.82) is 0 Å². The fourth-order valence-electron chi connectivity index (χ4n) is 3.40. The number of aryl methyl sites for hydroxylation is 1. The molecule has 4 aromatic rings. The summed E-state index contributed by atoms with van der Waals surface area (Å²) in [6, 6.07) is 22.8. The Balaban J connectivity index is 1.69. The lowest BCUT2D eigenvalue weighted by molar-refractivity contribution is 0.102. The van der Waals surface area contributed by atoms with Crippen LogP contribution in [0.15, 0.2) is 82.7 Å². The number of para-hydroxylation sites is 1. The second-order valence-electron chi connectivity index (χ2n) is 7.88. The van der Waals surface area contributed by atoms with Crippen LogP contribution in [0.3, 0.4) is 0 Å². The monoisotopic (exact) mass is 428 g/mol. The first-order chi connectivity index (χ1) is 14.9. The Kier molecular flexibility index (Phi) is 6.05. The number of aromatic nitrogens is 2. The summed E-state index contributed by atoms with van der Waals surface area (Å²) in [5.41, 5.74) is 4.22. The minimum atomic E-state index is -0.134. The van der Waals surface area contributed by atoms with E-state index in [-0.39, 0.29) is 17.1 Å². The average molecular weight is 429 g/mol. The van der Waals surface area contributed by atoms with Gasteiger partial charge in [-0.05, 0) is 42.7 Å². The minimum Gasteiger partial charge on any atom is -0.293 e. The largest absolute Gasteiger partial charge is 0.293 e. The zero-order valence-corrected chi connectivity index (χ0v) is 18.6. The maximum Gasteiger partial charge on any atom is 0.266 e.